The third-order valence-corrected chi connectivity index (χ3v) is 10.6. The molecule has 0 bridgehead atoms. The average molecular weight is 405 g/mol. The van der Waals surface area contributed by atoms with E-state index in [0.717, 1.165) is 49.1 Å². The van der Waals surface area contributed by atoms with Gasteiger partial charge in [0.05, 0.1) is 0 Å². The molecule has 3 aliphatic carbocycles. The zero-order valence-electron chi connectivity index (χ0n) is 20.3. The molecule has 3 saturated carbocycles. The molecule has 3 fully saturated rings. The van der Waals surface area contributed by atoms with Crippen molar-refractivity contribution in [2.75, 3.05) is 19.6 Å². The van der Waals surface area contributed by atoms with Gasteiger partial charge in [-0.25, -0.2) is 0 Å². The number of hydrogen-bond acceptors (Lipinski definition) is 2. The lowest BCUT2D eigenvalue weighted by Gasteiger charge is -2.56. The van der Waals surface area contributed by atoms with Gasteiger partial charge in [0.15, 0.2) is 0 Å². The Labute approximate surface area is 182 Å². The molecule has 0 aromatic heterocycles. The molecule has 0 radical (unpaired) electrons. The first-order valence-electron chi connectivity index (χ1n) is 13.4. The molecule has 0 saturated heterocycles. The SMILES string of the molecule is CC[C@@]1(C)C(C2CCC3CCCC[C@]3(C)C2C)CC[C@@H]1CCCCNCCCN. The predicted octanol–water partition coefficient (Wildman–Crippen LogP) is 6.78. The van der Waals surface area contributed by atoms with Gasteiger partial charge in [-0.2, -0.15) is 0 Å². The minimum atomic E-state index is 0.587. The molecule has 3 rings (SSSR count). The zero-order chi connectivity index (χ0) is 20.9. The summed E-state index contributed by atoms with van der Waals surface area (Å²) >= 11 is 0. The molecule has 7 atom stereocenters. The summed E-state index contributed by atoms with van der Waals surface area (Å²) in [5, 5.41) is 3.56. The fraction of sp³-hybridized carbons (Fsp3) is 1.00. The maximum atomic E-state index is 5.59. The molecule has 4 unspecified atom stereocenters. The Bertz CT molecular complexity index is 491. The monoisotopic (exact) mass is 404 g/mol. The Morgan fingerprint density at radius 2 is 1.72 bits per heavy atom. The third-order valence-electron chi connectivity index (χ3n) is 10.6. The van der Waals surface area contributed by atoms with E-state index in [0.29, 0.717) is 10.8 Å². The van der Waals surface area contributed by atoms with E-state index in [1.165, 1.54) is 83.6 Å². The lowest BCUT2D eigenvalue weighted by molar-refractivity contribution is -0.0660. The summed E-state index contributed by atoms with van der Waals surface area (Å²) in [5.74, 6) is 4.89. The smallest absolute Gasteiger partial charge is 0.00369 e. The molecule has 2 nitrogen and oxygen atoms in total. The van der Waals surface area contributed by atoms with Crippen LogP contribution in [-0.2, 0) is 0 Å². The van der Waals surface area contributed by atoms with Crippen molar-refractivity contribution in [1.82, 2.24) is 5.32 Å². The second kappa shape index (κ2) is 10.5. The molecule has 0 aliphatic heterocycles. The number of rotatable bonds is 10. The van der Waals surface area contributed by atoms with E-state index < -0.39 is 0 Å². The van der Waals surface area contributed by atoms with Gasteiger partial charge in [0.1, 0.15) is 0 Å². The molecule has 3 N–H and O–H groups in total. The highest BCUT2D eigenvalue weighted by molar-refractivity contribution is 5.03. The van der Waals surface area contributed by atoms with Crippen LogP contribution in [0, 0.1) is 40.4 Å². The lowest BCUT2D eigenvalue weighted by Crippen LogP contribution is -2.48. The summed E-state index contributed by atoms with van der Waals surface area (Å²) in [6.07, 6.45) is 18.8. The largest absolute Gasteiger partial charge is 0.330 e. The topological polar surface area (TPSA) is 38.0 Å². The number of fused-ring (bicyclic) bond motifs is 1. The van der Waals surface area contributed by atoms with Gasteiger partial charge >= 0.3 is 0 Å². The zero-order valence-corrected chi connectivity index (χ0v) is 20.3. The van der Waals surface area contributed by atoms with Crippen LogP contribution in [0.15, 0.2) is 0 Å². The number of hydrogen-bond donors (Lipinski definition) is 2. The highest BCUT2D eigenvalue weighted by Crippen LogP contribution is 2.63. The van der Waals surface area contributed by atoms with Crippen molar-refractivity contribution in [2.45, 2.75) is 111 Å². The maximum Gasteiger partial charge on any atom is -0.00369 e. The van der Waals surface area contributed by atoms with Crippen LogP contribution in [0.3, 0.4) is 0 Å². The molecule has 2 heteroatoms. The molecule has 170 valence electrons. The van der Waals surface area contributed by atoms with Gasteiger partial charge in [0.2, 0.25) is 0 Å². The van der Waals surface area contributed by atoms with E-state index in [-0.39, 0.29) is 0 Å². The Hall–Kier alpha value is -0.0800. The second-order valence-corrected chi connectivity index (χ2v) is 11.6. The third kappa shape index (κ3) is 4.89. The van der Waals surface area contributed by atoms with Crippen molar-refractivity contribution in [2.24, 2.45) is 46.2 Å². The van der Waals surface area contributed by atoms with Gasteiger partial charge in [-0.3, -0.25) is 0 Å². The van der Waals surface area contributed by atoms with Crippen LogP contribution in [0.1, 0.15) is 111 Å². The van der Waals surface area contributed by atoms with Crippen molar-refractivity contribution >= 4 is 0 Å². The van der Waals surface area contributed by atoms with Gasteiger partial charge in [0, 0.05) is 0 Å². The van der Waals surface area contributed by atoms with E-state index >= 15 is 0 Å². The minimum Gasteiger partial charge on any atom is -0.330 e. The Balaban J connectivity index is 1.56. The summed E-state index contributed by atoms with van der Waals surface area (Å²) in [5.41, 5.74) is 6.81. The Morgan fingerprint density at radius 1 is 0.931 bits per heavy atom. The summed E-state index contributed by atoms with van der Waals surface area (Å²) < 4.78 is 0. The molecular formula is C27H52N2. The van der Waals surface area contributed by atoms with E-state index in [4.69, 9.17) is 5.73 Å². The number of nitrogens with two attached hydrogens (primary N) is 1. The number of unbranched alkanes of at least 4 members (excludes halogenated alkanes) is 1. The van der Waals surface area contributed by atoms with Crippen molar-refractivity contribution in [3.05, 3.63) is 0 Å². The van der Waals surface area contributed by atoms with E-state index in [1.54, 1.807) is 0 Å². The molecule has 29 heavy (non-hydrogen) atoms. The summed E-state index contributed by atoms with van der Waals surface area (Å²) in [7, 11) is 0. The van der Waals surface area contributed by atoms with Crippen LogP contribution in [0.5, 0.6) is 0 Å². The van der Waals surface area contributed by atoms with Crippen LogP contribution in [0.25, 0.3) is 0 Å². The van der Waals surface area contributed by atoms with Crippen molar-refractivity contribution in [1.29, 1.82) is 0 Å². The highest BCUT2D eigenvalue weighted by Gasteiger charge is 2.54. The molecular weight excluding hydrogens is 352 g/mol. The molecule has 0 heterocycles. The van der Waals surface area contributed by atoms with Crippen LogP contribution < -0.4 is 11.1 Å². The van der Waals surface area contributed by atoms with E-state index in [1.807, 2.05) is 0 Å². The van der Waals surface area contributed by atoms with Gasteiger partial charge in [-0.05, 0) is 118 Å². The fourth-order valence-electron chi connectivity index (χ4n) is 8.25. The standard InChI is InChI=1S/C27H52N2/c1-5-26(3)22(12-7-9-19-29-20-10-18-28)14-16-25(26)24-15-13-23-11-6-8-17-27(23,4)21(24)2/h21-25,29H,5-20,28H2,1-4H3/t21?,22-,23?,24?,25?,26+,27+/m0/s1. The van der Waals surface area contributed by atoms with Crippen molar-refractivity contribution < 1.29 is 0 Å². The van der Waals surface area contributed by atoms with Crippen LogP contribution >= 0.6 is 0 Å². The van der Waals surface area contributed by atoms with E-state index in [2.05, 4.69) is 33.0 Å². The van der Waals surface area contributed by atoms with Crippen molar-refractivity contribution in [3.63, 3.8) is 0 Å². The van der Waals surface area contributed by atoms with Gasteiger partial charge in [-0.15, -0.1) is 0 Å². The quantitative estimate of drug-likeness (QED) is 0.394. The average Bonchev–Trinajstić information content (AvgIpc) is 3.05. The molecule has 0 amide bonds. The van der Waals surface area contributed by atoms with Crippen LogP contribution in [-0.4, -0.2) is 19.6 Å². The van der Waals surface area contributed by atoms with Gasteiger partial charge in [0.25, 0.3) is 0 Å². The van der Waals surface area contributed by atoms with Gasteiger partial charge < -0.3 is 11.1 Å². The molecule has 3 aliphatic rings. The van der Waals surface area contributed by atoms with E-state index in [9.17, 15) is 0 Å². The summed E-state index contributed by atoms with van der Waals surface area (Å²) in [4.78, 5) is 0. The molecule has 0 aromatic carbocycles. The Morgan fingerprint density at radius 3 is 2.48 bits per heavy atom. The Kier molecular flexibility index (Phi) is 8.53. The minimum absolute atomic E-state index is 0.587. The first-order valence-corrected chi connectivity index (χ1v) is 13.4. The lowest BCUT2D eigenvalue weighted by atomic mass is 9.49. The van der Waals surface area contributed by atoms with Gasteiger partial charge in [-0.1, -0.05) is 53.4 Å². The fourth-order valence-corrected chi connectivity index (χ4v) is 8.25. The summed E-state index contributed by atoms with van der Waals surface area (Å²) in [6.45, 7) is 13.6. The van der Waals surface area contributed by atoms with Crippen LogP contribution in [0.2, 0.25) is 0 Å². The molecule has 0 spiro atoms. The van der Waals surface area contributed by atoms with Crippen molar-refractivity contribution in [3.8, 4) is 0 Å². The first kappa shape index (κ1) is 23.6. The first-order chi connectivity index (χ1) is 14.0. The normalized spacial score (nSPS) is 42.7. The predicted molar refractivity (Wildman–Crippen MR) is 127 cm³/mol. The second-order valence-electron chi connectivity index (χ2n) is 11.6. The maximum absolute atomic E-state index is 5.59. The number of nitrogens with one attached hydrogen (secondary N) is 1. The summed E-state index contributed by atoms with van der Waals surface area (Å²) in [6, 6.07) is 0. The molecule has 0 aromatic rings. The van der Waals surface area contributed by atoms with Crippen LogP contribution in [0.4, 0.5) is 0 Å². The highest BCUT2D eigenvalue weighted by atomic mass is 14.8.